The average molecular weight is 373 g/mol. The van der Waals surface area contributed by atoms with E-state index < -0.39 is 0 Å². The molecule has 27 heavy (non-hydrogen) atoms. The summed E-state index contributed by atoms with van der Waals surface area (Å²) in [4.78, 5) is 28.3. The van der Waals surface area contributed by atoms with Crippen molar-refractivity contribution in [2.75, 3.05) is 50.1 Å². The lowest BCUT2D eigenvalue weighted by Gasteiger charge is -2.28. The molecule has 0 aromatic heterocycles. The van der Waals surface area contributed by atoms with Crippen LogP contribution >= 0.6 is 0 Å². The molecule has 6 heteroatoms. The third kappa shape index (κ3) is 5.96. The molecule has 0 bridgehead atoms. The Morgan fingerprint density at radius 3 is 2.48 bits per heavy atom. The molecule has 1 aromatic carbocycles. The van der Waals surface area contributed by atoms with E-state index in [-0.39, 0.29) is 18.4 Å². The summed E-state index contributed by atoms with van der Waals surface area (Å²) in [5.41, 5.74) is 1.89. The second-order valence-electron chi connectivity index (χ2n) is 7.63. The molecule has 2 aliphatic rings. The number of anilines is 2. The molecule has 1 saturated carbocycles. The number of hydrogen-bond donors (Lipinski definition) is 1. The molecule has 1 N–H and O–H groups in total. The third-order valence-corrected chi connectivity index (χ3v) is 5.58. The number of ether oxygens (including phenoxy) is 1. The molecule has 0 radical (unpaired) electrons. The smallest absolute Gasteiger partial charge is 0.243 e. The minimum absolute atomic E-state index is 0.0553. The molecule has 0 spiro atoms. The van der Waals surface area contributed by atoms with Crippen LogP contribution in [0.25, 0.3) is 0 Å². The number of carbonyl (C=O) groups excluding carboxylic acids is 2. The van der Waals surface area contributed by atoms with Gasteiger partial charge < -0.3 is 19.9 Å². The van der Waals surface area contributed by atoms with Gasteiger partial charge in [0.25, 0.3) is 0 Å². The van der Waals surface area contributed by atoms with Crippen LogP contribution in [-0.2, 0) is 14.3 Å². The van der Waals surface area contributed by atoms with Crippen molar-refractivity contribution < 1.29 is 14.3 Å². The molecule has 1 heterocycles. The SMILES string of the molecule is CN(CC(=O)Nc1ccc(N2CCOCC2)cc1)C(=O)CCC1CCCC1. The van der Waals surface area contributed by atoms with E-state index in [0.717, 1.165) is 44.1 Å². The first-order chi connectivity index (χ1) is 13.1. The zero-order valence-electron chi connectivity index (χ0n) is 16.3. The molecule has 148 valence electrons. The lowest BCUT2D eigenvalue weighted by Crippen LogP contribution is -2.36. The van der Waals surface area contributed by atoms with Crippen molar-refractivity contribution in [3.63, 3.8) is 0 Å². The Bertz CT molecular complexity index is 620. The van der Waals surface area contributed by atoms with Crippen molar-refractivity contribution in [1.82, 2.24) is 4.90 Å². The van der Waals surface area contributed by atoms with Crippen molar-refractivity contribution in [3.05, 3.63) is 24.3 Å². The number of nitrogens with one attached hydrogen (secondary N) is 1. The molecule has 1 aliphatic heterocycles. The minimum atomic E-state index is -0.161. The maximum absolute atomic E-state index is 12.2. The van der Waals surface area contributed by atoms with E-state index in [9.17, 15) is 9.59 Å². The molecule has 2 amide bonds. The Kier molecular flexibility index (Phi) is 7.10. The van der Waals surface area contributed by atoms with E-state index in [1.807, 2.05) is 24.3 Å². The van der Waals surface area contributed by atoms with Gasteiger partial charge in [0.2, 0.25) is 11.8 Å². The molecule has 1 aliphatic carbocycles. The largest absolute Gasteiger partial charge is 0.378 e. The topological polar surface area (TPSA) is 61.9 Å². The van der Waals surface area contributed by atoms with Gasteiger partial charge in [-0.2, -0.15) is 0 Å². The summed E-state index contributed by atoms with van der Waals surface area (Å²) in [7, 11) is 1.71. The first kappa shape index (κ1) is 19.7. The number of carbonyl (C=O) groups is 2. The van der Waals surface area contributed by atoms with Gasteiger partial charge in [-0.05, 0) is 36.6 Å². The van der Waals surface area contributed by atoms with Crippen LogP contribution < -0.4 is 10.2 Å². The number of hydrogen-bond acceptors (Lipinski definition) is 4. The van der Waals surface area contributed by atoms with Gasteiger partial charge in [0.15, 0.2) is 0 Å². The molecular weight excluding hydrogens is 342 g/mol. The zero-order chi connectivity index (χ0) is 19.1. The summed E-state index contributed by atoms with van der Waals surface area (Å²) in [6.45, 7) is 3.37. The number of benzene rings is 1. The Morgan fingerprint density at radius 2 is 1.81 bits per heavy atom. The van der Waals surface area contributed by atoms with Crippen molar-refractivity contribution in [2.45, 2.75) is 38.5 Å². The van der Waals surface area contributed by atoms with Gasteiger partial charge in [0.05, 0.1) is 19.8 Å². The standard InChI is InChI=1S/C21H31N3O3/c1-23(21(26)11-6-17-4-2-3-5-17)16-20(25)22-18-7-9-19(10-8-18)24-12-14-27-15-13-24/h7-10,17H,2-6,11-16H2,1H3,(H,22,25). The number of morpholine rings is 1. The van der Waals surface area contributed by atoms with Crippen LogP contribution in [0.3, 0.4) is 0 Å². The molecule has 0 unspecified atom stereocenters. The monoisotopic (exact) mass is 373 g/mol. The summed E-state index contributed by atoms with van der Waals surface area (Å²) < 4.78 is 5.37. The van der Waals surface area contributed by atoms with Crippen LogP contribution in [0.4, 0.5) is 11.4 Å². The quantitative estimate of drug-likeness (QED) is 0.798. The van der Waals surface area contributed by atoms with E-state index in [1.165, 1.54) is 30.6 Å². The van der Waals surface area contributed by atoms with Crippen LogP contribution in [0.2, 0.25) is 0 Å². The van der Waals surface area contributed by atoms with E-state index in [4.69, 9.17) is 4.74 Å². The van der Waals surface area contributed by atoms with Gasteiger partial charge >= 0.3 is 0 Å². The van der Waals surface area contributed by atoms with Crippen molar-refractivity contribution in [3.8, 4) is 0 Å². The molecule has 0 atom stereocenters. The fourth-order valence-electron chi connectivity index (χ4n) is 3.90. The summed E-state index contributed by atoms with van der Waals surface area (Å²) in [5.74, 6) is 0.590. The minimum Gasteiger partial charge on any atom is -0.378 e. The Hall–Kier alpha value is -2.08. The van der Waals surface area contributed by atoms with Gasteiger partial charge in [0, 0.05) is 37.9 Å². The Morgan fingerprint density at radius 1 is 1.15 bits per heavy atom. The predicted molar refractivity (Wildman–Crippen MR) is 107 cm³/mol. The lowest BCUT2D eigenvalue weighted by atomic mass is 10.0. The van der Waals surface area contributed by atoms with Crippen molar-refractivity contribution >= 4 is 23.2 Å². The highest BCUT2D eigenvalue weighted by Crippen LogP contribution is 2.28. The zero-order valence-corrected chi connectivity index (χ0v) is 16.3. The van der Waals surface area contributed by atoms with Crippen LogP contribution in [0.5, 0.6) is 0 Å². The van der Waals surface area contributed by atoms with Crippen LogP contribution in [0, 0.1) is 5.92 Å². The van der Waals surface area contributed by atoms with Crippen molar-refractivity contribution in [1.29, 1.82) is 0 Å². The summed E-state index contributed by atoms with van der Waals surface area (Å²) in [6.07, 6.45) is 6.58. The molecular formula is C21H31N3O3. The molecule has 2 fully saturated rings. The molecule has 3 rings (SSSR count). The highest BCUT2D eigenvalue weighted by atomic mass is 16.5. The average Bonchev–Trinajstić information content (AvgIpc) is 3.21. The molecule has 1 aromatic rings. The van der Waals surface area contributed by atoms with E-state index in [0.29, 0.717) is 12.3 Å². The van der Waals surface area contributed by atoms with E-state index in [1.54, 1.807) is 7.05 Å². The fraction of sp³-hybridized carbons (Fsp3) is 0.619. The lowest BCUT2D eigenvalue weighted by molar-refractivity contribution is -0.133. The van der Waals surface area contributed by atoms with Crippen LogP contribution in [-0.4, -0.2) is 56.6 Å². The highest BCUT2D eigenvalue weighted by molar-refractivity contribution is 5.94. The first-order valence-electron chi connectivity index (χ1n) is 10.1. The first-order valence-corrected chi connectivity index (χ1v) is 10.1. The second kappa shape index (κ2) is 9.74. The van der Waals surface area contributed by atoms with E-state index in [2.05, 4.69) is 10.2 Å². The second-order valence-corrected chi connectivity index (χ2v) is 7.63. The number of amides is 2. The van der Waals surface area contributed by atoms with Gasteiger partial charge in [-0.3, -0.25) is 9.59 Å². The predicted octanol–water partition coefficient (Wildman–Crippen LogP) is 2.89. The normalized spacial score (nSPS) is 17.7. The van der Waals surface area contributed by atoms with Crippen LogP contribution in [0.15, 0.2) is 24.3 Å². The number of likely N-dealkylation sites (N-methyl/N-ethyl adjacent to an activating group) is 1. The summed E-state index contributed by atoms with van der Waals surface area (Å²) in [5, 5.41) is 2.88. The molecule has 1 saturated heterocycles. The Labute approximate surface area is 161 Å². The Balaban J connectivity index is 1.41. The molecule has 6 nitrogen and oxygen atoms in total. The maximum Gasteiger partial charge on any atom is 0.243 e. The number of nitrogens with zero attached hydrogens (tertiary/aromatic N) is 2. The summed E-state index contributed by atoms with van der Waals surface area (Å²) >= 11 is 0. The third-order valence-electron chi connectivity index (χ3n) is 5.58. The van der Waals surface area contributed by atoms with Gasteiger partial charge in [0.1, 0.15) is 0 Å². The number of rotatable bonds is 7. The maximum atomic E-state index is 12.2. The summed E-state index contributed by atoms with van der Waals surface area (Å²) in [6, 6.07) is 7.84. The van der Waals surface area contributed by atoms with Crippen molar-refractivity contribution in [2.24, 2.45) is 5.92 Å². The van der Waals surface area contributed by atoms with E-state index >= 15 is 0 Å². The van der Waals surface area contributed by atoms with Gasteiger partial charge in [-0.25, -0.2) is 0 Å². The van der Waals surface area contributed by atoms with Gasteiger partial charge in [-0.15, -0.1) is 0 Å². The van der Waals surface area contributed by atoms with Crippen LogP contribution in [0.1, 0.15) is 38.5 Å². The fourth-order valence-corrected chi connectivity index (χ4v) is 3.90. The highest BCUT2D eigenvalue weighted by Gasteiger charge is 2.19. The van der Waals surface area contributed by atoms with Gasteiger partial charge in [-0.1, -0.05) is 25.7 Å².